The Hall–Kier alpha value is -1.69. The van der Waals surface area contributed by atoms with E-state index in [-0.39, 0.29) is 5.84 Å². The summed E-state index contributed by atoms with van der Waals surface area (Å²) >= 11 is 0. The van der Waals surface area contributed by atoms with Gasteiger partial charge < -0.3 is 15.5 Å². The molecule has 2 rings (SSSR count). The molecule has 1 atom stereocenters. The third-order valence-electron chi connectivity index (χ3n) is 3.36. The fraction of sp³-hybridized carbons (Fsp3) is 0.583. The van der Waals surface area contributed by atoms with Crippen LogP contribution in [0.5, 0.6) is 0 Å². The number of hydrogen-bond acceptors (Lipinski definition) is 5. The number of nitrogens with two attached hydrogens (primary N) is 1. The Bertz CT molecular complexity index is 413. The molecular weight excluding hydrogens is 228 g/mol. The van der Waals surface area contributed by atoms with E-state index in [2.05, 4.69) is 33.9 Å². The molecule has 0 amide bonds. The molecule has 98 valence electrons. The van der Waals surface area contributed by atoms with Crippen LogP contribution < -0.4 is 10.6 Å². The molecule has 2 heterocycles. The van der Waals surface area contributed by atoms with E-state index in [0.29, 0.717) is 11.7 Å². The number of piperidine rings is 1. The smallest absolute Gasteiger partial charge is 0.147 e. The van der Waals surface area contributed by atoms with Gasteiger partial charge in [0.2, 0.25) is 0 Å². The summed E-state index contributed by atoms with van der Waals surface area (Å²) in [6.45, 7) is 1.99. The first-order chi connectivity index (χ1) is 8.58. The Morgan fingerprint density at radius 2 is 2.22 bits per heavy atom. The minimum absolute atomic E-state index is 0.0427. The Morgan fingerprint density at radius 3 is 2.78 bits per heavy atom. The molecule has 0 saturated carbocycles. The summed E-state index contributed by atoms with van der Waals surface area (Å²) in [7, 11) is 4.22. The van der Waals surface area contributed by atoms with Crippen molar-refractivity contribution in [3.63, 3.8) is 0 Å². The summed E-state index contributed by atoms with van der Waals surface area (Å²) in [6, 6.07) is 0.563. The monoisotopic (exact) mass is 248 g/mol. The van der Waals surface area contributed by atoms with Crippen molar-refractivity contribution in [2.75, 3.05) is 32.1 Å². The number of nitrogen functional groups attached to an aromatic ring is 1. The van der Waals surface area contributed by atoms with Gasteiger partial charge >= 0.3 is 0 Å². The number of amidine groups is 1. The van der Waals surface area contributed by atoms with E-state index < -0.39 is 0 Å². The zero-order valence-corrected chi connectivity index (χ0v) is 10.9. The first-order valence-electron chi connectivity index (χ1n) is 6.15. The van der Waals surface area contributed by atoms with Gasteiger partial charge in [0.05, 0.1) is 12.4 Å². The van der Waals surface area contributed by atoms with E-state index in [1.807, 2.05) is 0 Å². The topological polar surface area (TPSA) is 82.1 Å². The molecule has 0 spiro atoms. The van der Waals surface area contributed by atoms with Crippen molar-refractivity contribution >= 4 is 11.7 Å². The molecule has 1 aliphatic heterocycles. The van der Waals surface area contributed by atoms with Crippen LogP contribution in [-0.4, -0.2) is 53.9 Å². The maximum absolute atomic E-state index is 7.29. The van der Waals surface area contributed by atoms with Crippen LogP contribution in [0.15, 0.2) is 12.4 Å². The zero-order valence-electron chi connectivity index (χ0n) is 10.9. The predicted molar refractivity (Wildman–Crippen MR) is 72.0 cm³/mol. The Labute approximate surface area is 107 Å². The first-order valence-corrected chi connectivity index (χ1v) is 6.15. The summed E-state index contributed by atoms with van der Waals surface area (Å²) in [4.78, 5) is 13.0. The van der Waals surface area contributed by atoms with Gasteiger partial charge in [-0.15, -0.1) is 0 Å². The summed E-state index contributed by atoms with van der Waals surface area (Å²) in [5.74, 6) is 0.824. The Morgan fingerprint density at radius 1 is 1.44 bits per heavy atom. The molecule has 6 nitrogen and oxygen atoms in total. The van der Waals surface area contributed by atoms with Gasteiger partial charge in [-0.2, -0.15) is 0 Å². The highest BCUT2D eigenvalue weighted by Crippen LogP contribution is 2.18. The van der Waals surface area contributed by atoms with E-state index in [1.165, 1.54) is 12.8 Å². The molecular formula is C12H20N6. The van der Waals surface area contributed by atoms with Crippen LogP contribution >= 0.6 is 0 Å². The highest BCUT2D eigenvalue weighted by atomic mass is 15.2. The molecule has 0 bridgehead atoms. The summed E-state index contributed by atoms with van der Waals surface area (Å²) in [5.41, 5.74) is 5.80. The van der Waals surface area contributed by atoms with E-state index in [1.54, 1.807) is 12.4 Å². The maximum atomic E-state index is 7.29. The summed E-state index contributed by atoms with van der Waals surface area (Å²) < 4.78 is 0. The van der Waals surface area contributed by atoms with Crippen molar-refractivity contribution in [1.82, 2.24) is 14.9 Å². The van der Waals surface area contributed by atoms with Gasteiger partial charge in [-0.05, 0) is 26.9 Å². The number of aromatic nitrogens is 2. The van der Waals surface area contributed by atoms with Crippen LogP contribution in [0, 0.1) is 5.41 Å². The molecule has 1 unspecified atom stereocenters. The third kappa shape index (κ3) is 2.76. The van der Waals surface area contributed by atoms with Gasteiger partial charge in [0.25, 0.3) is 0 Å². The van der Waals surface area contributed by atoms with Crippen LogP contribution in [0.25, 0.3) is 0 Å². The molecule has 3 N–H and O–H groups in total. The summed E-state index contributed by atoms with van der Waals surface area (Å²) in [5, 5.41) is 7.29. The number of anilines is 1. The van der Waals surface area contributed by atoms with Gasteiger partial charge in [0.15, 0.2) is 0 Å². The molecule has 0 aliphatic carbocycles. The largest absolute Gasteiger partial charge is 0.382 e. The molecule has 1 saturated heterocycles. The normalized spacial score (nSPS) is 20.2. The number of nitrogens with one attached hydrogen (secondary N) is 1. The minimum atomic E-state index is -0.0427. The Balaban J connectivity index is 2.09. The average molecular weight is 248 g/mol. The number of nitrogens with zero attached hydrogens (tertiary/aromatic N) is 4. The second kappa shape index (κ2) is 5.30. The van der Waals surface area contributed by atoms with Crippen molar-refractivity contribution in [3.05, 3.63) is 18.1 Å². The Kier molecular flexibility index (Phi) is 3.76. The van der Waals surface area contributed by atoms with E-state index in [9.17, 15) is 0 Å². The van der Waals surface area contributed by atoms with Crippen molar-refractivity contribution in [2.45, 2.75) is 18.9 Å². The number of likely N-dealkylation sites (N-methyl/N-ethyl adjacent to an activating group) is 1. The molecule has 1 aliphatic rings. The first kappa shape index (κ1) is 12.8. The second-order valence-corrected chi connectivity index (χ2v) is 4.88. The fourth-order valence-corrected chi connectivity index (χ4v) is 2.21. The standard InChI is InChI=1S/C12H20N6/c1-17(2)9-4-3-5-18(8-9)11-7-15-10(6-16-11)12(13)14/h6-7,9H,3-5,8H2,1-2H3,(H3,13,14). The van der Waals surface area contributed by atoms with Crippen molar-refractivity contribution in [2.24, 2.45) is 5.73 Å². The quantitative estimate of drug-likeness (QED) is 0.593. The van der Waals surface area contributed by atoms with E-state index >= 15 is 0 Å². The third-order valence-corrected chi connectivity index (χ3v) is 3.36. The molecule has 0 aromatic carbocycles. The molecule has 0 radical (unpaired) electrons. The van der Waals surface area contributed by atoms with Crippen LogP contribution in [0.2, 0.25) is 0 Å². The predicted octanol–water partition coefficient (Wildman–Crippen LogP) is 0.291. The molecule has 6 heteroatoms. The lowest BCUT2D eigenvalue weighted by Gasteiger charge is -2.36. The van der Waals surface area contributed by atoms with Crippen LogP contribution in [-0.2, 0) is 0 Å². The van der Waals surface area contributed by atoms with Crippen molar-refractivity contribution < 1.29 is 0 Å². The van der Waals surface area contributed by atoms with Gasteiger partial charge in [-0.25, -0.2) is 9.97 Å². The van der Waals surface area contributed by atoms with Crippen molar-refractivity contribution in [1.29, 1.82) is 5.41 Å². The molecule has 1 fully saturated rings. The van der Waals surface area contributed by atoms with Gasteiger partial charge in [-0.3, -0.25) is 5.41 Å². The number of rotatable bonds is 3. The number of hydrogen-bond donors (Lipinski definition) is 2. The fourth-order valence-electron chi connectivity index (χ4n) is 2.21. The molecule has 18 heavy (non-hydrogen) atoms. The molecule has 1 aromatic rings. The highest BCUT2D eigenvalue weighted by Gasteiger charge is 2.22. The van der Waals surface area contributed by atoms with Gasteiger partial charge in [0.1, 0.15) is 17.3 Å². The lowest BCUT2D eigenvalue weighted by Crippen LogP contribution is -2.45. The summed E-state index contributed by atoms with van der Waals surface area (Å²) in [6.07, 6.45) is 5.66. The minimum Gasteiger partial charge on any atom is -0.382 e. The van der Waals surface area contributed by atoms with E-state index in [0.717, 1.165) is 18.9 Å². The average Bonchev–Trinajstić information content (AvgIpc) is 2.39. The SMILES string of the molecule is CN(C)C1CCCN(c2cnc(C(=N)N)cn2)C1. The maximum Gasteiger partial charge on any atom is 0.147 e. The van der Waals surface area contributed by atoms with Crippen LogP contribution in [0.3, 0.4) is 0 Å². The van der Waals surface area contributed by atoms with Crippen LogP contribution in [0.1, 0.15) is 18.5 Å². The lowest BCUT2D eigenvalue weighted by molar-refractivity contribution is 0.257. The van der Waals surface area contributed by atoms with E-state index in [4.69, 9.17) is 11.1 Å². The second-order valence-electron chi connectivity index (χ2n) is 4.88. The highest BCUT2D eigenvalue weighted by molar-refractivity contribution is 5.92. The lowest BCUT2D eigenvalue weighted by atomic mass is 10.1. The van der Waals surface area contributed by atoms with Crippen molar-refractivity contribution in [3.8, 4) is 0 Å². The van der Waals surface area contributed by atoms with Crippen LogP contribution in [0.4, 0.5) is 5.82 Å². The van der Waals surface area contributed by atoms with Gasteiger partial charge in [-0.1, -0.05) is 0 Å². The van der Waals surface area contributed by atoms with Gasteiger partial charge in [0, 0.05) is 19.1 Å². The zero-order chi connectivity index (χ0) is 13.1. The molecule has 1 aromatic heterocycles.